The molecule has 1 atom stereocenters. The molecule has 20 heavy (non-hydrogen) atoms. The van der Waals surface area contributed by atoms with Crippen molar-refractivity contribution in [2.45, 2.75) is 51.5 Å². The van der Waals surface area contributed by atoms with Gasteiger partial charge in [0, 0.05) is 29.9 Å². The molecule has 1 aliphatic heterocycles. The van der Waals surface area contributed by atoms with Crippen LogP contribution in [0.25, 0.3) is 0 Å². The standard InChI is InChI=1S/C15H25N3OS/c1-15(2,3)14-17-11(10-20-14)8-13(19)18-7-5-6-12(18)9-16-4/h10,12,16H,5-9H2,1-4H3. The van der Waals surface area contributed by atoms with Crippen LogP contribution in [-0.4, -0.2) is 42.0 Å². The lowest BCUT2D eigenvalue weighted by Crippen LogP contribution is -2.41. The summed E-state index contributed by atoms with van der Waals surface area (Å²) in [5.41, 5.74) is 0.980. The molecule has 0 aliphatic carbocycles. The zero-order chi connectivity index (χ0) is 14.8. The summed E-state index contributed by atoms with van der Waals surface area (Å²) in [5, 5.41) is 6.31. The summed E-state index contributed by atoms with van der Waals surface area (Å²) >= 11 is 1.66. The summed E-state index contributed by atoms with van der Waals surface area (Å²) in [6, 6.07) is 0.355. The predicted molar refractivity (Wildman–Crippen MR) is 83.2 cm³/mol. The van der Waals surface area contributed by atoms with Crippen LogP contribution in [0.2, 0.25) is 0 Å². The van der Waals surface area contributed by atoms with Gasteiger partial charge in [-0.15, -0.1) is 11.3 Å². The maximum Gasteiger partial charge on any atom is 0.228 e. The van der Waals surface area contributed by atoms with E-state index < -0.39 is 0 Å². The molecule has 1 aromatic rings. The number of aromatic nitrogens is 1. The molecule has 1 amide bonds. The Balaban J connectivity index is 1.99. The Morgan fingerprint density at radius 1 is 1.55 bits per heavy atom. The Kier molecular flexibility index (Phi) is 4.81. The van der Waals surface area contributed by atoms with Gasteiger partial charge in [0.1, 0.15) is 0 Å². The Hall–Kier alpha value is -0.940. The third-order valence-corrected chi connectivity index (χ3v) is 4.98. The topological polar surface area (TPSA) is 45.2 Å². The van der Waals surface area contributed by atoms with E-state index in [0.29, 0.717) is 12.5 Å². The van der Waals surface area contributed by atoms with Gasteiger partial charge in [0.25, 0.3) is 0 Å². The molecule has 1 saturated heterocycles. The van der Waals surface area contributed by atoms with E-state index in [9.17, 15) is 4.79 Å². The molecule has 5 heteroatoms. The third-order valence-electron chi connectivity index (χ3n) is 3.66. The maximum atomic E-state index is 12.4. The Labute approximate surface area is 125 Å². The van der Waals surface area contributed by atoms with Crippen molar-refractivity contribution in [1.29, 1.82) is 0 Å². The number of hydrogen-bond acceptors (Lipinski definition) is 4. The van der Waals surface area contributed by atoms with Crippen LogP contribution in [0.5, 0.6) is 0 Å². The van der Waals surface area contributed by atoms with E-state index in [1.54, 1.807) is 11.3 Å². The van der Waals surface area contributed by atoms with E-state index in [-0.39, 0.29) is 11.3 Å². The minimum Gasteiger partial charge on any atom is -0.338 e. The quantitative estimate of drug-likeness (QED) is 0.926. The van der Waals surface area contributed by atoms with Crippen LogP contribution in [-0.2, 0) is 16.6 Å². The van der Waals surface area contributed by atoms with Crippen molar-refractivity contribution in [1.82, 2.24) is 15.2 Å². The Morgan fingerprint density at radius 2 is 2.30 bits per heavy atom. The fourth-order valence-electron chi connectivity index (χ4n) is 2.60. The minimum absolute atomic E-state index is 0.0638. The fraction of sp³-hybridized carbons (Fsp3) is 0.733. The van der Waals surface area contributed by atoms with Crippen LogP contribution in [0.15, 0.2) is 5.38 Å². The van der Waals surface area contributed by atoms with Gasteiger partial charge in [0.2, 0.25) is 5.91 Å². The van der Waals surface area contributed by atoms with Crippen LogP contribution in [0.3, 0.4) is 0 Å². The van der Waals surface area contributed by atoms with Crippen LogP contribution >= 0.6 is 11.3 Å². The number of amides is 1. The first-order valence-corrected chi connectivity index (χ1v) is 8.18. The van der Waals surface area contributed by atoms with E-state index in [2.05, 4.69) is 31.1 Å². The molecule has 1 N–H and O–H groups in total. The van der Waals surface area contributed by atoms with Gasteiger partial charge in [0.15, 0.2) is 0 Å². The highest BCUT2D eigenvalue weighted by Crippen LogP contribution is 2.26. The lowest BCUT2D eigenvalue weighted by atomic mass is 9.98. The van der Waals surface area contributed by atoms with Gasteiger partial charge in [-0.1, -0.05) is 20.8 Å². The summed E-state index contributed by atoms with van der Waals surface area (Å²) in [6.07, 6.45) is 2.66. The zero-order valence-corrected chi connectivity index (χ0v) is 13.7. The van der Waals surface area contributed by atoms with Crippen molar-refractivity contribution in [2.75, 3.05) is 20.1 Å². The van der Waals surface area contributed by atoms with Crippen LogP contribution in [0.1, 0.15) is 44.3 Å². The second-order valence-corrected chi connectivity index (χ2v) is 7.37. The van der Waals surface area contributed by atoms with Gasteiger partial charge in [-0.3, -0.25) is 4.79 Å². The number of likely N-dealkylation sites (tertiary alicyclic amines) is 1. The second-order valence-electron chi connectivity index (χ2n) is 6.51. The van der Waals surface area contributed by atoms with Gasteiger partial charge in [-0.05, 0) is 19.9 Å². The van der Waals surface area contributed by atoms with Gasteiger partial charge in [0.05, 0.1) is 17.1 Å². The molecule has 0 radical (unpaired) electrons. The molecule has 1 aromatic heterocycles. The lowest BCUT2D eigenvalue weighted by molar-refractivity contribution is -0.131. The Morgan fingerprint density at radius 3 is 2.90 bits per heavy atom. The van der Waals surface area contributed by atoms with Gasteiger partial charge >= 0.3 is 0 Å². The van der Waals surface area contributed by atoms with Crippen molar-refractivity contribution in [2.24, 2.45) is 0 Å². The third kappa shape index (κ3) is 3.58. The summed E-state index contributed by atoms with van der Waals surface area (Å²) in [6.45, 7) is 8.24. The molecule has 0 saturated carbocycles. The predicted octanol–water partition coefficient (Wildman–Crippen LogP) is 2.19. The molecule has 0 aromatic carbocycles. The minimum atomic E-state index is 0.0638. The van der Waals surface area contributed by atoms with Crippen molar-refractivity contribution in [3.05, 3.63) is 16.1 Å². The Bertz CT molecular complexity index is 464. The zero-order valence-electron chi connectivity index (χ0n) is 12.9. The number of likely N-dealkylation sites (N-methyl/N-ethyl adjacent to an activating group) is 1. The monoisotopic (exact) mass is 295 g/mol. The van der Waals surface area contributed by atoms with Gasteiger partial charge in [-0.2, -0.15) is 0 Å². The average molecular weight is 295 g/mol. The molecule has 112 valence electrons. The average Bonchev–Trinajstić information content (AvgIpc) is 2.97. The van der Waals surface area contributed by atoms with Crippen LogP contribution < -0.4 is 5.32 Å². The highest BCUT2D eigenvalue weighted by atomic mass is 32.1. The first kappa shape index (κ1) is 15.4. The molecule has 0 bridgehead atoms. The molecule has 1 unspecified atom stereocenters. The number of carbonyl (C=O) groups is 1. The first-order chi connectivity index (χ1) is 9.41. The van der Waals surface area contributed by atoms with E-state index in [4.69, 9.17) is 0 Å². The van der Waals surface area contributed by atoms with Crippen molar-refractivity contribution in [3.8, 4) is 0 Å². The SMILES string of the molecule is CNCC1CCCN1C(=O)Cc1csc(C(C)(C)C)n1. The smallest absolute Gasteiger partial charge is 0.228 e. The van der Waals surface area contributed by atoms with Crippen molar-refractivity contribution >= 4 is 17.2 Å². The molecule has 4 nitrogen and oxygen atoms in total. The number of rotatable bonds is 4. The van der Waals surface area contributed by atoms with Gasteiger partial charge < -0.3 is 10.2 Å². The number of carbonyl (C=O) groups excluding carboxylic acids is 1. The molecule has 1 fully saturated rings. The maximum absolute atomic E-state index is 12.4. The molecule has 0 spiro atoms. The summed E-state index contributed by atoms with van der Waals surface area (Å²) in [5.74, 6) is 0.216. The summed E-state index contributed by atoms with van der Waals surface area (Å²) < 4.78 is 0. The van der Waals surface area contributed by atoms with Gasteiger partial charge in [-0.25, -0.2) is 4.98 Å². The fourth-order valence-corrected chi connectivity index (χ4v) is 3.51. The summed E-state index contributed by atoms with van der Waals surface area (Å²) in [7, 11) is 1.94. The van der Waals surface area contributed by atoms with E-state index >= 15 is 0 Å². The molecule has 2 rings (SSSR count). The summed E-state index contributed by atoms with van der Waals surface area (Å²) in [4.78, 5) is 19.1. The number of hydrogen-bond donors (Lipinski definition) is 1. The number of nitrogens with zero attached hydrogens (tertiary/aromatic N) is 2. The molecule has 1 aliphatic rings. The van der Waals surface area contributed by atoms with E-state index in [1.165, 1.54) is 0 Å². The highest BCUT2D eigenvalue weighted by Gasteiger charge is 2.28. The van der Waals surface area contributed by atoms with Crippen LogP contribution in [0.4, 0.5) is 0 Å². The lowest BCUT2D eigenvalue weighted by Gasteiger charge is -2.24. The van der Waals surface area contributed by atoms with E-state index in [0.717, 1.165) is 36.6 Å². The number of thiazole rings is 1. The molecular weight excluding hydrogens is 270 g/mol. The van der Waals surface area contributed by atoms with Crippen LogP contribution in [0, 0.1) is 0 Å². The second kappa shape index (κ2) is 6.22. The normalized spacial score (nSPS) is 19.6. The molecule has 2 heterocycles. The molecular formula is C15H25N3OS. The highest BCUT2D eigenvalue weighted by molar-refractivity contribution is 7.09. The van der Waals surface area contributed by atoms with Crippen molar-refractivity contribution in [3.63, 3.8) is 0 Å². The number of nitrogens with one attached hydrogen (secondary N) is 1. The van der Waals surface area contributed by atoms with E-state index in [1.807, 2.05) is 17.3 Å². The van der Waals surface area contributed by atoms with Crippen molar-refractivity contribution < 1.29 is 4.79 Å². The largest absolute Gasteiger partial charge is 0.338 e. The first-order valence-electron chi connectivity index (χ1n) is 7.31.